The van der Waals surface area contributed by atoms with Crippen LogP contribution in [0.4, 0.5) is 0 Å². The van der Waals surface area contributed by atoms with Gasteiger partial charge in [-0.1, -0.05) is 0 Å². The van der Waals surface area contributed by atoms with E-state index >= 15 is 0 Å². The zero-order valence-electron chi connectivity index (χ0n) is 7.73. The molecular weight excluding hydrogens is 268 g/mol. The Labute approximate surface area is 91.1 Å². The number of nitrogens with zero attached hydrogens (tertiary/aromatic N) is 2. The molecule has 0 unspecified atom stereocenters. The van der Waals surface area contributed by atoms with Gasteiger partial charge in [-0.15, -0.1) is 0 Å². The maximum atomic E-state index is 11.4. The molecule has 0 radical (unpaired) electrons. The van der Waals surface area contributed by atoms with Crippen molar-refractivity contribution in [1.29, 1.82) is 0 Å². The van der Waals surface area contributed by atoms with Gasteiger partial charge in [0.05, 0.1) is 0 Å². The van der Waals surface area contributed by atoms with Gasteiger partial charge in [0.2, 0.25) is 0 Å². The first kappa shape index (κ1) is 11.3. The van der Waals surface area contributed by atoms with Gasteiger partial charge in [-0.25, -0.2) is 9.19 Å². The summed E-state index contributed by atoms with van der Waals surface area (Å²) >= 11 is 3.17. The summed E-state index contributed by atoms with van der Waals surface area (Å²) in [6.07, 6.45) is 4.30. The average molecular weight is 277 g/mol. The number of halogens is 1. The molecule has 6 heteroatoms. The fourth-order valence-electron chi connectivity index (χ4n) is 0.786. The van der Waals surface area contributed by atoms with E-state index in [2.05, 4.69) is 25.3 Å². The number of aromatic nitrogens is 1. The zero-order valence-corrected chi connectivity index (χ0v) is 10.1. The second kappa shape index (κ2) is 4.18. The van der Waals surface area contributed by atoms with Crippen LogP contribution in [0.2, 0.25) is 0 Å². The third-order valence-electron chi connectivity index (χ3n) is 1.26. The maximum absolute atomic E-state index is 11.4. The molecular formula is C8H9BrN2O2S. The van der Waals surface area contributed by atoms with Gasteiger partial charge in [-0.2, -0.15) is 4.36 Å². The SMILES string of the molecule is CS(C)(=O)=NC(=O)c1ncccc1Br. The quantitative estimate of drug-likeness (QED) is 0.785. The van der Waals surface area contributed by atoms with Crippen molar-refractivity contribution in [3.8, 4) is 0 Å². The topological polar surface area (TPSA) is 59.4 Å². The predicted octanol–water partition coefficient (Wildman–Crippen LogP) is 1.71. The number of pyridine rings is 1. The third-order valence-corrected chi connectivity index (χ3v) is 2.51. The van der Waals surface area contributed by atoms with Crippen LogP contribution in [0, 0.1) is 0 Å². The van der Waals surface area contributed by atoms with Crippen LogP contribution >= 0.6 is 15.9 Å². The van der Waals surface area contributed by atoms with Gasteiger partial charge in [0, 0.05) is 32.9 Å². The molecule has 0 aliphatic heterocycles. The number of hydrogen-bond donors (Lipinski definition) is 0. The molecule has 1 heterocycles. The molecule has 4 nitrogen and oxygen atoms in total. The number of rotatable bonds is 1. The van der Waals surface area contributed by atoms with E-state index in [1.807, 2.05) is 0 Å². The van der Waals surface area contributed by atoms with E-state index < -0.39 is 15.6 Å². The summed E-state index contributed by atoms with van der Waals surface area (Å²) in [4.78, 5) is 15.3. The first-order valence-electron chi connectivity index (χ1n) is 3.72. The van der Waals surface area contributed by atoms with Gasteiger partial charge >= 0.3 is 5.91 Å². The lowest BCUT2D eigenvalue weighted by molar-refractivity contribution is 0.0999. The van der Waals surface area contributed by atoms with Crippen molar-refractivity contribution in [3.05, 3.63) is 28.5 Å². The van der Waals surface area contributed by atoms with E-state index in [9.17, 15) is 9.00 Å². The van der Waals surface area contributed by atoms with E-state index in [1.165, 1.54) is 18.7 Å². The molecule has 1 aromatic heterocycles. The third kappa shape index (κ3) is 3.19. The molecule has 0 aliphatic rings. The minimum atomic E-state index is -2.42. The molecule has 0 spiro atoms. The monoisotopic (exact) mass is 276 g/mol. The van der Waals surface area contributed by atoms with Gasteiger partial charge in [0.25, 0.3) is 0 Å². The number of amides is 1. The summed E-state index contributed by atoms with van der Waals surface area (Å²) in [7, 11) is -2.42. The van der Waals surface area contributed by atoms with Crippen LogP contribution in [-0.2, 0) is 9.73 Å². The minimum Gasteiger partial charge on any atom is -0.264 e. The second-order valence-electron chi connectivity index (χ2n) is 2.91. The Balaban J connectivity index is 3.16. The molecule has 0 saturated heterocycles. The Hall–Kier alpha value is -0.750. The fourth-order valence-corrected chi connectivity index (χ4v) is 1.70. The lowest BCUT2D eigenvalue weighted by Crippen LogP contribution is -2.03. The van der Waals surface area contributed by atoms with Gasteiger partial charge in [0.1, 0.15) is 5.69 Å². The zero-order chi connectivity index (χ0) is 10.8. The Kier molecular flexibility index (Phi) is 3.38. The highest BCUT2D eigenvalue weighted by Crippen LogP contribution is 2.14. The highest BCUT2D eigenvalue weighted by molar-refractivity contribution is 9.10. The van der Waals surface area contributed by atoms with Crippen LogP contribution in [0.5, 0.6) is 0 Å². The molecule has 1 rings (SSSR count). The molecule has 1 aromatic rings. The molecule has 0 saturated carbocycles. The van der Waals surface area contributed by atoms with E-state index in [4.69, 9.17) is 0 Å². The summed E-state index contributed by atoms with van der Waals surface area (Å²) in [5.41, 5.74) is 0.184. The van der Waals surface area contributed by atoms with Crippen molar-refractivity contribution in [1.82, 2.24) is 4.98 Å². The Morgan fingerprint density at radius 3 is 2.71 bits per heavy atom. The van der Waals surface area contributed by atoms with E-state index in [0.717, 1.165) is 0 Å². The molecule has 76 valence electrons. The van der Waals surface area contributed by atoms with Crippen LogP contribution in [-0.4, -0.2) is 27.6 Å². The molecule has 0 bridgehead atoms. The molecule has 0 fully saturated rings. The van der Waals surface area contributed by atoms with Crippen molar-refractivity contribution in [2.45, 2.75) is 0 Å². The molecule has 14 heavy (non-hydrogen) atoms. The molecule has 0 aliphatic carbocycles. The highest BCUT2D eigenvalue weighted by atomic mass is 79.9. The average Bonchev–Trinajstić information content (AvgIpc) is 2.01. The Morgan fingerprint density at radius 1 is 1.57 bits per heavy atom. The lowest BCUT2D eigenvalue weighted by atomic mass is 10.3. The first-order chi connectivity index (χ1) is 6.40. The van der Waals surface area contributed by atoms with Crippen molar-refractivity contribution in [3.63, 3.8) is 0 Å². The van der Waals surface area contributed by atoms with Crippen LogP contribution in [0.15, 0.2) is 27.2 Å². The fraction of sp³-hybridized carbons (Fsp3) is 0.250. The first-order valence-corrected chi connectivity index (χ1v) is 6.84. The number of carbonyl (C=O) groups excluding carboxylic acids is 1. The van der Waals surface area contributed by atoms with Crippen LogP contribution in [0.1, 0.15) is 10.5 Å². The summed E-state index contributed by atoms with van der Waals surface area (Å²) < 4.78 is 15.3. The van der Waals surface area contributed by atoms with E-state index in [1.54, 1.807) is 12.1 Å². The predicted molar refractivity (Wildman–Crippen MR) is 58.7 cm³/mol. The van der Waals surface area contributed by atoms with E-state index in [0.29, 0.717) is 4.47 Å². The van der Waals surface area contributed by atoms with Gasteiger partial charge in [0.15, 0.2) is 0 Å². The van der Waals surface area contributed by atoms with Gasteiger partial charge in [-0.05, 0) is 28.1 Å². The van der Waals surface area contributed by atoms with Crippen LogP contribution < -0.4 is 0 Å². The number of hydrogen-bond acceptors (Lipinski definition) is 3. The Morgan fingerprint density at radius 2 is 2.21 bits per heavy atom. The van der Waals surface area contributed by atoms with Gasteiger partial charge < -0.3 is 0 Å². The summed E-state index contributed by atoms with van der Waals surface area (Å²) in [5.74, 6) is -0.563. The smallest absolute Gasteiger partial charge is 0.264 e. The highest BCUT2D eigenvalue weighted by Gasteiger charge is 2.10. The Bertz CT molecular complexity index is 470. The van der Waals surface area contributed by atoms with Crippen LogP contribution in [0.25, 0.3) is 0 Å². The molecule has 0 aromatic carbocycles. The van der Waals surface area contributed by atoms with Crippen molar-refractivity contribution in [2.24, 2.45) is 4.36 Å². The maximum Gasteiger partial charge on any atom is 0.304 e. The van der Waals surface area contributed by atoms with Crippen molar-refractivity contribution < 1.29 is 9.00 Å². The standard InChI is InChI=1S/C8H9BrN2O2S/c1-14(2,13)11-8(12)7-6(9)4-3-5-10-7/h3-5H,1-2H3. The van der Waals surface area contributed by atoms with Crippen molar-refractivity contribution in [2.75, 3.05) is 12.5 Å². The molecule has 1 amide bonds. The lowest BCUT2D eigenvalue weighted by Gasteiger charge is -1.98. The van der Waals surface area contributed by atoms with E-state index in [-0.39, 0.29) is 5.69 Å². The number of carbonyl (C=O) groups is 1. The van der Waals surface area contributed by atoms with Crippen molar-refractivity contribution >= 4 is 31.6 Å². The summed E-state index contributed by atoms with van der Waals surface area (Å²) in [6.45, 7) is 0. The van der Waals surface area contributed by atoms with Gasteiger partial charge in [-0.3, -0.25) is 4.79 Å². The normalized spacial score (nSPS) is 11.1. The minimum absolute atomic E-state index is 0.184. The summed E-state index contributed by atoms with van der Waals surface area (Å²) in [5, 5.41) is 0. The molecule has 0 N–H and O–H groups in total. The molecule has 0 atom stereocenters. The largest absolute Gasteiger partial charge is 0.304 e. The summed E-state index contributed by atoms with van der Waals surface area (Å²) in [6, 6.07) is 3.37. The second-order valence-corrected chi connectivity index (χ2v) is 6.31. The van der Waals surface area contributed by atoms with Crippen LogP contribution in [0.3, 0.4) is 0 Å².